The summed E-state index contributed by atoms with van der Waals surface area (Å²) in [6.45, 7) is 1.90. The van der Waals surface area contributed by atoms with E-state index in [9.17, 15) is 13.2 Å². The van der Waals surface area contributed by atoms with Crippen LogP contribution in [0.5, 0.6) is 0 Å². The number of hydrogen-bond acceptors (Lipinski definition) is 5. The van der Waals surface area contributed by atoms with Gasteiger partial charge in [0.05, 0.1) is 20.1 Å². The smallest absolute Gasteiger partial charge is 0.261 e. The van der Waals surface area contributed by atoms with Crippen LogP contribution in [0.3, 0.4) is 0 Å². The van der Waals surface area contributed by atoms with Gasteiger partial charge in [-0.15, -0.1) is 11.3 Å². The predicted molar refractivity (Wildman–Crippen MR) is 130 cm³/mol. The third kappa shape index (κ3) is 5.52. The predicted octanol–water partition coefficient (Wildman–Crippen LogP) is 5.37. The molecule has 3 aromatic carbocycles. The van der Waals surface area contributed by atoms with Crippen LogP contribution < -0.4 is 10.0 Å². The summed E-state index contributed by atoms with van der Waals surface area (Å²) in [5, 5.41) is 3.88. The van der Waals surface area contributed by atoms with Crippen molar-refractivity contribution in [3.63, 3.8) is 0 Å². The highest BCUT2D eigenvalue weighted by Gasteiger charge is 2.14. The lowest BCUT2D eigenvalue weighted by atomic mass is 10.2. The van der Waals surface area contributed by atoms with Crippen molar-refractivity contribution in [1.82, 2.24) is 4.98 Å². The number of thiazole rings is 1. The van der Waals surface area contributed by atoms with E-state index in [1.54, 1.807) is 59.9 Å². The summed E-state index contributed by atoms with van der Waals surface area (Å²) in [5.74, 6) is -0.0842. The number of hydrogen-bond donors (Lipinski definition) is 2. The first kappa shape index (κ1) is 22.0. The van der Waals surface area contributed by atoms with E-state index in [2.05, 4.69) is 15.0 Å². The van der Waals surface area contributed by atoms with Crippen molar-refractivity contribution in [3.8, 4) is 0 Å². The first-order valence-corrected chi connectivity index (χ1v) is 12.5. The number of aryl methyl sites for hydroxylation is 2. The lowest BCUT2D eigenvalue weighted by Gasteiger charge is -2.10. The maximum atomic E-state index is 12.5. The van der Waals surface area contributed by atoms with Gasteiger partial charge >= 0.3 is 0 Å². The van der Waals surface area contributed by atoms with Crippen molar-refractivity contribution >= 4 is 48.9 Å². The second kappa shape index (κ2) is 9.50. The molecule has 164 valence electrons. The molecule has 1 aromatic heterocycles. The lowest BCUT2D eigenvalue weighted by Crippen LogP contribution is -2.13. The van der Waals surface area contributed by atoms with Crippen molar-refractivity contribution in [2.45, 2.75) is 31.1 Å². The molecular weight excluding hydrogens is 442 g/mol. The number of aromatic nitrogens is 1. The van der Waals surface area contributed by atoms with Gasteiger partial charge in [0, 0.05) is 17.8 Å². The molecular formula is C24H23N3O3S2. The third-order valence-corrected chi connectivity index (χ3v) is 7.38. The molecule has 6 nitrogen and oxygen atoms in total. The van der Waals surface area contributed by atoms with E-state index in [0.717, 1.165) is 27.2 Å². The Kier molecular flexibility index (Phi) is 6.53. The largest absolute Gasteiger partial charge is 0.326 e. The molecule has 0 atom stereocenters. The van der Waals surface area contributed by atoms with Gasteiger partial charge in [-0.1, -0.05) is 29.8 Å². The summed E-state index contributed by atoms with van der Waals surface area (Å²) in [6, 6.07) is 21.3. The van der Waals surface area contributed by atoms with Crippen molar-refractivity contribution in [2.24, 2.45) is 0 Å². The fraction of sp³-hybridized carbons (Fsp3) is 0.167. The Bertz CT molecular complexity index is 1300. The van der Waals surface area contributed by atoms with Crippen LogP contribution in [0.4, 0.5) is 11.4 Å². The number of fused-ring (bicyclic) bond motifs is 1. The molecule has 1 amide bonds. The van der Waals surface area contributed by atoms with Crippen LogP contribution in [0.15, 0.2) is 77.7 Å². The van der Waals surface area contributed by atoms with E-state index < -0.39 is 10.0 Å². The van der Waals surface area contributed by atoms with Gasteiger partial charge in [0.2, 0.25) is 5.91 Å². The first-order valence-electron chi connectivity index (χ1n) is 10.2. The van der Waals surface area contributed by atoms with Crippen LogP contribution in [0.2, 0.25) is 0 Å². The Morgan fingerprint density at radius 2 is 1.62 bits per heavy atom. The second-order valence-electron chi connectivity index (χ2n) is 7.47. The van der Waals surface area contributed by atoms with Gasteiger partial charge in [0.25, 0.3) is 10.0 Å². The fourth-order valence-electron chi connectivity index (χ4n) is 3.20. The molecule has 1 heterocycles. The average Bonchev–Trinajstić information content (AvgIpc) is 3.18. The number of amides is 1. The highest BCUT2D eigenvalue weighted by molar-refractivity contribution is 7.92. The number of para-hydroxylation sites is 1. The normalized spacial score (nSPS) is 11.4. The van der Waals surface area contributed by atoms with E-state index in [0.29, 0.717) is 24.2 Å². The van der Waals surface area contributed by atoms with Gasteiger partial charge in [-0.3, -0.25) is 9.52 Å². The molecule has 0 bridgehead atoms. The van der Waals surface area contributed by atoms with E-state index in [1.165, 1.54) is 0 Å². The molecule has 0 aliphatic heterocycles. The number of carbonyl (C=O) groups is 1. The monoisotopic (exact) mass is 465 g/mol. The molecule has 2 N–H and O–H groups in total. The molecule has 8 heteroatoms. The topological polar surface area (TPSA) is 88.2 Å². The van der Waals surface area contributed by atoms with Crippen LogP contribution in [0.25, 0.3) is 10.2 Å². The maximum absolute atomic E-state index is 12.5. The molecule has 0 aliphatic rings. The SMILES string of the molecule is Cc1ccc(S(=O)(=O)Nc2ccc(NC(=O)CCCc3nc4ccccc4s3)cc2)cc1. The van der Waals surface area contributed by atoms with Gasteiger partial charge in [0.1, 0.15) is 0 Å². The van der Waals surface area contributed by atoms with Crippen LogP contribution in [-0.2, 0) is 21.2 Å². The Hall–Kier alpha value is -3.23. The lowest BCUT2D eigenvalue weighted by molar-refractivity contribution is -0.116. The minimum absolute atomic E-state index is 0.0842. The van der Waals surface area contributed by atoms with Crippen molar-refractivity contribution < 1.29 is 13.2 Å². The van der Waals surface area contributed by atoms with Crippen LogP contribution in [0.1, 0.15) is 23.4 Å². The molecule has 0 saturated carbocycles. The molecule has 0 unspecified atom stereocenters. The van der Waals surface area contributed by atoms with E-state index >= 15 is 0 Å². The highest BCUT2D eigenvalue weighted by atomic mass is 32.2. The number of nitrogens with zero attached hydrogens (tertiary/aromatic N) is 1. The third-order valence-electron chi connectivity index (χ3n) is 4.88. The zero-order valence-corrected chi connectivity index (χ0v) is 19.2. The summed E-state index contributed by atoms with van der Waals surface area (Å²) in [4.78, 5) is 17.1. The van der Waals surface area contributed by atoms with E-state index in [4.69, 9.17) is 0 Å². The highest BCUT2D eigenvalue weighted by Crippen LogP contribution is 2.23. The summed E-state index contributed by atoms with van der Waals surface area (Å²) >= 11 is 1.66. The molecule has 4 aromatic rings. The van der Waals surface area contributed by atoms with Crippen LogP contribution >= 0.6 is 11.3 Å². The molecule has 0 aliphatic carbocycles. The molecule has 4 rings (SSSR count). The maximum Gasteiger partial charge on any atom is 0.261 e. The molecule has 0 radical (unpaired) electrons. The number of sulfonamides is 1. The Balaban J connectivity index is 1.28. The number of carbonyl (C=O) groups excluding carboxylic acids is 1. The zero-order valence-electron chi connectivity index (χ0n) is 17.5. The number of anilines is 2. The van der Waals surface area contributed by atoms with Crippen LogP contribution in [0, 0.1) is 6.92 Å². The zero-order chi connectivity index (χ0) is 22.6. The average molecular weight is 466 g/mol. The molecule has 32 heavy (non-hydrogen) atoms. The fourth-order valence-corrected chi connectivity index (χ4v) is 5.27. The van der Waals surface area contributed by atoms with Gasteiger partial charge < -0.3 is 5.32 Å². The Morgan fingerprint density at radius 3 is 2.34 bits per heavy atom. The number of rotatable bonds is 8. The summed E-state index contributed by atoms with van der Waals surface area (Å²) in [5.41, 5.74) is 3.03. The quantitative estimate of drug-likeness (QED) is 0.366. The Morgan fingerprint density at radius 1 is 0.938 bits per heavy atom. The number of nitrogens with one attached hydrogen (secondary N) is 2. The van der Waals surface area contributed by atoms with E-state index in [-0.39, 0.29) is 10.8 Å². The van der Waals surface area contributed by atoms with Gasteiger partial charge in [-0.2, -0.15) is 0 Å². The van der Waals surface area contributed by atoms with Crippen LogP contribution in [-0.4, -0.2) is 19.3 Å². The van der Waals surface area contributed by atoms with Gasteiger partial charge in [-0.05, 0) is 68.3 Å². The van der Waals surface area contributed by atoms with Crippen molar-refractivity contribution in [3.05, 3.63) is 83.4 Å². The number of benzene rings is 3. The van der Waals surface area contributed by atoms with E-state index in [1.807, 2.05) is 31.2 Å². The summed E-state index contributed by atoms with van der Waals surface area (Å²) in [6.07, 6.45) is 1.85. The molecule has 0 fully saturated rings. The molecule has 0 spiro atoms. The standard InChI is InChI=1S/C24H23N3O3S2/c1-17-9-15-20(16-10-17)32(29,30)27-19-13-11-18(12-14-19)25-23(28)7-4-8-24-26-21-5-2-3-6-22(21)31-24/h2-3,5-6,9-16,27H,4,7-8H2,1H3,(H,25,28). The van der Waals surface area contributed by atoms with Crippen molar-refractivity contribution in [1.29, 1.82) is 0 Å². The van der Waals surface area contributed by atoms with Crippen molar-refractivity contribution in [2.75, 3.05) is 10.0 Å². The summed E-state index contributed by atoms with van der Waals surface area (Å²) in [7, 11) is -3.66. The van der Waals surface area contributed by atoms with Gasteiger partial charge in [0.15, 0.2) is 0 Å². The summed E-state index contributed by atoms with van der Waals surface area (Å²) < 4.78 is 28.7. The second-order valence-corrected chi connectivity index (χ2v) is 10.3. The minimum atomic E-state index is -3.66. The van der Waals surface area contributed by atoms with Gasteiger partial charge in [-0.25, -0.2) is 13.4 Å². The first-order chi connectivity index (χ1) is 15.4. The molecule has 0 saturated heterocycles. The minimum Gasteiger partial charge on any atom is -0.326 e. The Labute approximate surface area is 191 Å².